The molecule has 0 bridgehead atoms. The smallest absolute Gasteiger partial charge is 0.234 e. The van der Waals surface area contributed by atoms with Gasteiger partial charge in [-0.3, -0.25) is 4.79 Å². The molecule has 2 aromatic carbocycles. The number of thioether (sulfide) groups is 1. The molecule has 0 aliphatic rings. The van der Waals surface area contributed by atoms with Gasteiger partial charge in [-0.15, -0.1) is 10.2 Å². The van der Waals surface area contributed by atoms with Crippen LogP contribution in [-0.4, -0.2) is 26.4 Å². The van der Waals surface area contributed by atoms with E-state index in [9.17, 15) is 4.79 Å². The fourth-order valence-electron chi connectivity index (χ4n) is 2.19. The summed E-state index contributed by atoms with van der Waals surface area (Å²) in [5, 5.41) is 13.0. The van der Waals surface area contributed by atoms with Crippen LogP contribution in [-0.2, 0) is 11.8 Å². The van der Waals surface area contributed by atoms with Crippen molar-refractivity contribution in [3.63, 3.8) is 0 Å². The molecule has 0 spiro atoms. The molecular formula is C17H13BrCl2N4OS. The van der Waals surface area contributed by atoms with Crippen molar-refractivity contribution < 1.29 is 4.79 Å². The Morgan fingerprint density at radius 1 is 1.19 bits per heavy atom. The van der Waals surface area contributed by atoms with E-state index in [1.54, 1.807) is 30.3 Å². The Bertz CT molecular complexity index is 946. The summed E-state index contributed by atoms with van der Waals surface area (Å²) in [4.78, 5) is 12.1. The second kappa shape index (κ2) is 8.43. The maximum atomic E-state index is 12.1. The summed E-state index contributed by atoms with van der Waals surface area (Å²) in [6.45, 7) is 0. The van der Waals surface area contributed by atoms with Crippen LogP contribution in [0.1, 0.15) is 0 Å². The van der Waals surface area contributed by atoms with Crippen molar-refractivity contribution in [1.29, 1.82) is 0 Å². The summed E-state index contributed by atoms with van der Waals surface area (Å²) in [6, 6.07) is 12.6. The van der Waals surface area contributed by atoms with Gasteiger partial charge in [0, 0.05) is 27.8 Å². The number of hydrogen-bond donors (Lipinski definition) is 1. The SMILES string of the molecule is Cn1c(SCC(=O)Nc2ccc(Br)c(Cl)c2)nnc1-c1ccc(Cl)cc1. The van der Waals surface area contributed by atoms with E-state index in [4.69, 9.17) is 23.2 Å². The van der Waals surface area contributed by atoms with Gasteiger partial charge in [-0.1, -0.05) is 35.0 Å². The third kappa shape index (κ3) is 4.59. The first kappa shape index (κ1) is 19.2. The van der Waals surface area contributed by atoms with E-state index >= 15 is 0 Å². The number of halogens is 3. The molecule has 26 heavy (non-hydrogen) atoms. The van der Waals surface area contributed by atoms with Crippen LogP contribution in [0.4, 0.5) is 5.69 Å². The Kier molecular flexibility index (Phi) is 6.24. The number of anilines is 1. The topological polar surface area (TPSA) is 59.8 Å². The van der Waals surface area contributed by atoms with Gasteiger partial charge >= 0.3 is 0 Å². The van der Waals surface area contributed by atoms with Crippen molar-refractivity contribution in [3.8, 4) is 11.4 Å². The lowest BCUT2D eigenvalue weighted by Gasteiger charge is -2.07. The van der Waals surface area contributed by atoms with Gasteiger partial charge in [0.05, 0.1) is 10.8 Å². The molecule has 0 unspecified atom stereocenters. The van der Waals surface area contributed by atoms with Crippen LogP contribution in [0.5, 0.6) is 0 Å². The maximum absolute atomic E-state index is 12.1. The van der Waals surface area contributed by atoms with Gasteiger partial charge in [-0.05, 0) is 58.4 Å². The fourth-order valence-corrected chi connectivity index (χ4v) is 3.46. The molecule has 1 amide bonds. The third-order valence-electron chi connectivity index (χ3n) is 3.47. The monoisotopic (exact) mass is 470 g/mol. The molecule has 9 heteroatoms. The van der Waals surface area contributed by atoms with Crippen LogP contribution in [0.3, 0.4) is 0 Å². The quantitative estimate of drug-likeness (QED) is 0.514. The molecule has 1 aromatic heterocycles. The minimum atomic E-state index is -0.149. The lowest BCUT2D eigenvalue weighted by Crippen LogP contribution is -2.14. The molecule has 0 saturated heterocycles. The zero-order valence-corrected chi connectivity index (χ0v) is 17.5. The molecule has 3 aromatic rings. The zero-order chi connectivity index (χ0) is 18.7. The molecule has 1 heterocycles. The van der Waals surface area contributed by atoms with E-state index < -0.39 is 0 Å². The Morgan fingerprint density at radius 2 is 1.92 bits per heavy atom. The minimum Gasteiger partial charge on any atom is -0.325 e. The second-order valence-corrected chi connectivity index (χ2v) is 7.98. The number of carbonyl (C=O) groups excluding carboxylic acids is 1. The molecule has 0 fully saturated rings. The average Bonchev–Trinajstić information content (AvgIpc) is 2.98. The lowest BCUT2D eigenvalue weighted by atomic mass is 10.2. The van der Waals surface area contributed by atoms with E-state index in [1.165, 1.54) is 11.8 Å². The number of nitrogens with zero attached hydrogens (tertiary/aromatic N) is 3. The predicted octanol–water partition coefficient (Wildman–Crippen LogP) is 5.28. The Labute approximate surface area is 173 Å². The number of nitrogens with one attached hydrogen (secondary N) is 1. The Balaban J connectivity index is 1.63. The van der Waals surface area contributed by atoms with Gasteiger partial charge < -0.3 is 9.88 Å². The first-order chi connectivity index (χ1) is 12.4. The zero-order valence-electron chi connectivity index (χ0n) is 13.5. The van der Waals surface area contributed by atoms with Crippen molar-refractivity contribution in [2.24, 2.45) is 7.05 Å². The molecular weight excluding hydrogens is 459 g/mol. The van der Waals surface area contributed by atoms with Crippen molar-refractivity contribution in [2.75, 3.05) is 11.1 Å². The molecule has 0 radical (unpaired) electrons. The van der Waals surface area contributed by atoms with Crippen LogP contribution in [0.2, 0.25) is 10.0 Å². The molecule has 134 valence electrons. The molecule has 0 aliphatic heterocycles. The summed E-state index contributed by atoms with van der Waals surface area (Å²) in [7, 11) is 1.86. The Hall–Kier alpha value is -1.54. The number of hydrogen-bond acceptors (Lipinski definition) is 4. The summed E-state index contributed by atoms with van der Waals surface area (Å²) in [5.41, 5.74) is 1.55. The van der Waals surface area contributed by atoms with Crippen molar-refractivity contribution in [2.45, 2.75) is 5.16 Å². The molecule has 5 nitrogen and oxygen atoms in total. The highest BCUT2D eigenvalue weighted by Crippen LogP contribution is 2.26. The van der Waals surface area contributed by atoms with Gasteiger partial charge in [0.25, 0.3) is 0 Å². The van der Waals surface area contributed by atoms with Crippen molar-refractivity contribution in [3.05, 3.63) is 57.0 Å². The van der Waals surface area contributed by atoms with Gasteiger partial charge in [0.15, 0.2) is 11.0 Å². The normalized spacial score (nSPS) is 10.8. The van der Waals surface area contributed by atoms with Crippen molar-refractivity contribution >= 4 is 62.5 Å². The number of amides is 1. The lowest BCUT2D eigenvalue weighted by molar-refractivity contribution is -0.113. The van der Waals surface area contributed by atoms with Gasteiger partial charge in [0.1, 0.15) is 0 Å². The second-order valence-electron chi connectivity index (χ2n) is 5.34. The Morgan fingerprint density at radius 3 is 2.62 bits per heavy atom. The van der Waals surface area contributed by atoms with Crippen LogP contribution in [0, 0.1) is 0 Å². The number of benzene rings is 2. The number of aromatic nitrogens is 3. The first-order valence-electron chi connectivity index (χ1n) is 7.47. The van der Waals surface area contributed by atoms with E-state index in [0.29, 0.717) is 26.7 Å². The van der Waals surface area contributed by atoms with Crippen LogP contribution in [0.15, 0.2) is 52.1 Å². The highest BCUT2D eigenvalue weighted by atomic mass is 79.9. The van der Waals surface area contributed by atoms with Gasteiger partial charge in [-0.25, -0.2) is 0 Å². The van der Waals surface area contributed by atoms with Gasteiger partial charge in [-0.2, -0.15) is 0 Å². The highest BCUT2D eigenvalue weighted by Gasteiger charge is 2.13. The van der Waals surface area contributed by atoms with Crippen LogP contribution >= 0.6 is 50.9 Å². The maximum Gasteiger partial charge on any atom is 0.234 e. The van der Waals surface area contributed by atoms with E-state index in [0.717, 1.165) is 10.0 Å². The summed E-state index contributed by atoms with van der Waals surface area (Å²) in [5.74, 6) is 0.772. The van der Waals surface area contributed by atoms with Crippen molar-refractivity contribution in [1.82, 2.24) is 14.8 Å². The summed E-state index contributed by atoms with van der Waals surface area (Å²) in [6.07, 6.45) is 0. The molecule has 0 atom stereocenters. The number of rotatable bonds is 5. The molecule has 3 rings (SSSR count). The van der Waals surface area contributed by atoms with E-state index in [2.05, 4.69) is 31.4 Å². The molecule has 1 N–H and O–H groups in total. The number of carbonyl (C=O) groups is 1. The highest BCUT2D eigenvalue weighted by molar-refractivity contribution is 9.10. The standard InChI is InChI=1S/C17H13BrCl2N4OS/c1-24-16(10-2-4-11(19)5-3-10)22-23-17(24)26-9-15(25)21-12-6-7-13(18)14(20)8-12/h2-8H,9H2,1H3,(H,21,25). The summed E-state index contributed by atoms with van der Waals surface area (Å²) >= 11 is 16.6. The fraction of sp³-hybridized carbons (Fsp3) is 0.118. The molecule has 0 aliphatic carbocycles. The molecule has 0 saturated carbocycles. The summed E-state index contributed by atoms with van der Waals surface area (Å²) < 4.78 is 2.62. The third-order valence-corrected chi connectivity index (χ3v) is 5.98. The van der Waals surface area contributed by atoms with Crippen LogP contribution < -0.4 is 5.32 Å². The largest absolute Gasteiger partial charge is 0.325 e. The first-order valence-corrected chi connectivity index (χ1v) is 10.0. The van der Waals surface area contributed by atoms with E-state index in [1.807, 2.05) is 23.7 Å². The van der Waals surface area contributed by atoms with Crippen LogP contribution in [0.25, 0.3) is 11.4 Å². The van der Waals surface area contributed by atoms with Gasteiger partial charge in [0.2, 0.25) is 5.91 Å². The predicted molar refractivity (Wildman–Crippen MR) is 110 cm³/mol. The average molecular weight is 472 g/mol. The minimum absolute atomic E-state index is 0.149. The van der Waals surface area contributed by atoms with E-state index in [-0.39, 0.29) is 11.7 Å².